The summed E-state index contributed by atoms with van der Waals surface area (Å²) in [4.78, 5) is 61.8. The standard InChI is InChI=1S/C18H22N4O7/c1-19-12-7-21(16(26)10-24)13-4-2-3-5-14(13)22(18(12)29)8-15(25)20-11(9-23)6-17(27)28/h2-5,9,11-12,19,24H,6-8,10H2,1H3,(H,20,25)(H,27,28)/t11-,12-/m0/s1. The highest BCUT2D eigenvalue weighted by Gasteiger charge is 2.36. The lowest BCUT2D eigenvalue weighted by atomic mass is 10.2. The van der Waals surface area contributed by atoms with E-state index < -0.39 is 55.3 Å². The van der Waals surface area contributed by atoms with Crippen molar-refractivity contribution in [2.75, 3.05) is 36.5 Å². The molecule has 2 atom stereocenters. The summed E-state index contributed by atoms with van der Waals surface area (Å²) in [5.41, 5.74) is 0.607. The van der Waals surface area contributed by atoms with Crippen molar-refractivity contribution in [3.63, 3.8) is 0 Å². The van der Waals surface area contributed by atoms with E-state index in [0.29, 0.717) is 12.0 Å². The van der Waals surface area contributed by atoms with Crippen LogP contribution in [0.5, 0.6) is 0 Å². The lowest BCUT2D eigenvalue weighted by Crippen LogP contribution is -2.52. The Morgan fingerprint density at radius 1 is 1.28 bits per heavy atom. The minimum absolute atomic E-state index is 0.0557. The molecule has 0 saturated heterocycles. The summed E-state index contributed by atoms with van der Waals surface area (Å²) in [7, 11) is 1.52. The Bertz CT molecular complexity index is 813. The first-order valence-electron chi connectivity index (χ1n) is 8.77. The van der Waals surface area contributed by atoms with Crippen LogP contribution in [0.25, 0.3) is 0 Å². The Balaban J connectivity index is 2.36. The van der Waals surface area contributed by atoms with E-state index in [1.165, 1.54) is 11.9 Å². The first-order valence-corrected chi connectivity index (χ1v) is 8.77. The second kappa shape index (κ2) is 9.75. The van der Waals surface area contributed by atoms with E-state index in [1.54, 1.807) is 24.3 Å². The highest BCUT2D eigenvalue weighted by atomic mass is 16.4. The number of hydrogen-bond acceptors (Lipinski definition) is 7. The predicted molar refractivity (Wildman–Crippen MR) is 101 cm³/mol. The monoisotopic (exact) mass is 406 g/mol. The number of hydrogen-bond donors (Lipinski definition) is 4. The molecular weight excluding hydrogens is 384 g/mol. The molecule has 0 saturated carbocycles. The highest BCUT2D eigenvalue weighted by Crippen LogP contribution is 2.32. The average molecular weight is 406 g/mol. The topological polar surface area (TPSA) is 156 Å². The number of aldehydes is 1. The van der Waals surface area contributed by atoms with Gasteiger partial charge in [0.25, 0.3) is 5.91 Å². The first kappa shape index (κ1) is 22.0. The quantitative estimate of drug-likeness (QED) is 0.365. The molecule has 11 heteroatoms. The number of nitrogens with zero attached hydrogens (tertiary/aromatic N) is 2. The number of anilines is 2. The molecule has 156 valence electrons. The minimum atomic E-state index is -1.26. The third-order valence-corrected chi connectivity index (χ3v) is 4.38. The van der Waals surface area contributed by atoms with Gasteiger partial charge in [-0.3, -0.25) is 24.1 Å². The molecule has 1 aliphatic rings. The van der Waals surface area contributed by atoms with E-state index in [4.69, 9.17) is 5.11 Å². The number of aliphatic carboxylic acids is 1. The SMILES string of the molecule is CN[C@H]1CN(C(=O)CO)c2ccccc2N(CC(=O)N[C@H](C=O)CC(=O)O)C1=O. The molecule has 1 aromatic rings. The van der Waals surface area contributed by atoms with Crippen LogP contribution in [0.1, 0.15) is 6.42 Å². The molecule has 29 heavy (non-hydrogen) atoms. The number of carbonyl (C=O) groups is 5. The minimum Gasteiger partial charge on any atom is -0.481 e. The van der Waals surface area contributed by atoms with Gasteiger partial charge in [-0.25, -0.2) is 0 Å². The molecule has 1 aromatic carbocycles. The molecule has 11 nitrogen and oxygen atoms in total. The van der Waals surface area contributed by atoms with Crippen LogP contribution in [-0.2, 0) is 24.0 Å². The van der Waals surface area contributed by atoms with Crippen molar-refractivity contribution in [3.05, 3.63) is 24.3 Å². The van der Waals surface area contributed by atoms with Crippen molar-refractivity contribution < 1.29 is 34.2 Å². The summed E-state index contributed by atoms with van der Waals surface area (Å²) in [6.07, 6.45) is -0.278. The molecule has 1 heterocycles. The number of carboxylic acid groups (broad SMARTS) is 1. The number of para-hydroxylation sites is 2. The van der Waals surface area contributed by atoms with Gasteiger partial charge >= 0.3 is 5.97 Å². The molecule has 2 rings (SSSR count). The van der Waals surface area contributed by atoms with E-state index in [9.17, 15) is 29.1 Å². The Morgan fingerprint density at radius 2 is 1.93 bits per heavy atom. The predicted octanol–water partition coefficient (Wildman–Crippen LogP) is -1.90. The first-order chi connectivity index (χ1) is 13.8. The number of benzene rings is 1. The maximum Gasteiger partial charge on any atom is 0.305 e. The summed E-state index contributed by atoms with van der Waals surface area (Å²) in [6.45, 7) is -1.30. The Kier molecular flexibility index (Phi) is 7.39. The van der Waals surface area contributed by atoms with Crippen molar-refractivity contribution in [1.29, 1.82) is 0 Å². The number of rotatable bonds is 8. The van der Waals surface area contributed by atoms with Crippen LogP contribution in [0, 0.1) is 0 Å². The second-order valence-electron chi connectivity index (χ2n) is 6.32. The number of carboxylic acids is 1. The number of aliphatic hydroxyl groups is 1. The van der Waals surface area contributed by atoms with Crippen LogP contribution in [0.15, 0.2) is 24.3 Å². The summed E-state index contributed by atoms with van der Waals surface area (Å²) in [5.74, 6) is -3.10. The fraction of sp³-hybridized carbons (Fsp3) is 0.389. The van der Waals surface area contributed by atoms with Crippen LogP contribution in [-0.4, -0.2) is 79.0 Å². The smallest absolute Gasteiger partial charge is 0.305 e. The van der Waals surface area contributed by atoms with E-state index in [-0.39, 0.29) is 12.2 Å². The lowest BCUT2D eigenvalue weighted by molar-refractivity contribution is -0.139. The van der Waals surface area contributed by atoms with Crippen molar-refractivity contribution >= 4 is 41.4 Å². The Morgan fingerprint density at radius 3 is 2.48 bits per heavy atom. The van der Waals surface area contributed by atoms with Crippen molar-refractivity contribution in [2.24, 2.45) is 0 Å². The molecule has 0 aliphatic carbocycles. The van der Waals surface area contributed by atoms with Gasteiger partial charge in [0, 0.05) is 0 Å². The molecular formula is C18H22N4O7. The molecule has 0 unspecified atom stereocenters. The highest BCUT2D eigenvalue weighted by molar-refractivity contribution is 6.09. The number of fused-ring (bicyclic) bond motifs is 1. The third kappa shape index (κ3) is 5.15. The number of aliphatic hydroxyl groups excluding tert-OH is 1. The number of carbonyl (C=O) groups excluding carboxylic acids is 4. The van der Waals surface area contributed by atoms with Gasteiger partial charge in [-0.2, -0.15) is 0 Å². The van der Waals surface area contributed by atoms with Crippen LogP contribution in [0.4, 0.5) is 11.4 Å². The van der Waals surface area contributed by atoms with Crippen molar-refractivity contribution in [2.45, 2.75) is 18.5 Å². The van der Waals surface area contributed by atoms with Gasteiger partial charge in [0.2, 0.25) is 11.8 Å². The van der Waals surface area contributed by atoms with E-state index in [0.717, 1.165) is 4.90 Å². The molecule has 1 aliphatic heterocycles. The fourth-order valence-corrected chi connectivity index (χ4v) is 3.00. The zero-order valence-electron chi connectivity index (χ0n) is 15.7. The largest absolute Gasteiger partial charge is 0.481 e. The van der Waals surface area contributed by atoms with Crippen molar-refractivity contribution in [1.82, 2.24) is 10.6 Å². The second-order valence-corrected chi connectivity index (χ2v) is 6.32. The normalized spacial score (nSPS) is 17.2. The van der Waals surface area contributed by atoms with Crippen LogP contribution in [0.3, 0.4) is 0 Å². The molecule has 0 radical (unpaired) electrons. The zero-order valence-corrected chi connectivity index (χ0v) is 15.7. The van der Waals surface area contributed by atoms with Gasteiger partial charge in [-0.15, -0.1) is 0 Å². The fourth-order valence-electron chi connectivity index (χ4n) is 3.00. The van der Waals surface area contributed by atoms with Gasteiger partial charge in [0.05, 0.1) is 30.4 Å². The van der Waals surface area contributed by atoms with Gasteiger partial charge < -0.3 is 30.5 Å². The van der Waals surface area contributed by atoms with E-state index >= 15 is 0 Å². The maximum absolute atomic E-state index is 13.0. The number of likely N-dealkylation sites (N-methyl/N-ethyl adjacent to an activating group) is 1. The van der Waals surface area contributed by atoms with Gasteiger partial charge in [-0.1, -0.05) is 12.1 Å². The van der Waals surface area contributed by atoms with E-state index in [1.807, 2.05) is 0 Å². The molecule has 0 aromatic heterocycles. The van der Waals surface area contributed by atoms with E-state index in [2.05, 4.69) is 10.6 Å². The van der Waals surface area contributed by atoms with Crippen LogP contribution < -0.4 is 20.4 Å². The summed E-state index contributed by atoms with van der Waals surface area (Å²) >= 11 is 0. The average Bonchev–Trinajstić information content (AvgIpc) is 2.82. The maximum atomic E-state index is 13.0. The lowest BCUT2D eigenvalue weighted by Gasteiger charge is -2.25. The molecule has 3 amide bonds. The molecule has 0 bridgehead atoms. The summed E-state index contributed by atoms with van der Waals surface area (Å²) in [6, 6.07) is 4.31. The van der Waals surface area contributed by atoms with Crippen LogP contribution >= 0.6 is 0 Å². The Labute approximate surface area is 166 Å². The molecule has 0 fully saturated rings. The van der Waals surface area contributed by atoms with Crippen LogP contribution in [0.2, 0.25) is 0 Å². The zero-order chi connectivity index (χ0) is 21.6. The Hall–Kier alpha value is -3.31. The molecule has 4 N–H and O–H groups in total. The number of amides is 3. The van der Waals surface area contributed by atoms with Gasteiger partial charge in [0.1, 0.15) is 25.5 Å². The van der Waals surface area contributed by atoms with Gasteiger partial charge in [0.15, 0.2) is 0 Å². The summed E-state index contributed by atoms with van der Waals surface area (Å²) in [5, 5.41) is 23.1. The van der Waals surface area contributed by atoms with Crippen molar-refractivity contribution in [3.8, 4) is 0 Å². The third-order valence-electron chi connectivity index (χ3n) is 4.38. The van der Waals surface area contributed by atoms with Gasteiger partial charge in [-0.05, 0) is 19.2 Å². The molecule has 0 spiro atoms. The number of nitrogens with one attached hydrogen (secondary N) is 2. The summed E-state index contributed by atoms with van der Waals surface area (Å²) < 4.78 is 0.